The highest BCUT2D eigenvalue weighted by Gasteiger charge is 2.07. The maximum Gasteiger partial charge on any atom is 0.100 e. The molecule has 3 N–H and O–H groups in total. The lowest BCUT2D eigenvalue weighted by molar-refractivity contribution is 1.12. The highest BCUT2D eigenvalue weighted by molar-refractivity contribution is 5.94. The third-order valence-electron chi connectivity index (χ3n) is 2.54. The average Bonchev–Trinajstić information content (AvgIpc) is 2.73. The zero-order valence-electron chi connectivity index (χ0n) is 9.33. The van der Waals surface area contributed by atoms with E-state index in [2.05, 4.69) is 15.2 Å². The molecule has 0 fully saturated rings. The fourth-order valence-corrected chi connectivity index (χ4v) is 1.76. The van der Waals surface area contributed by atoms with Crippen LogP contribution in [0.2, 0.25) is 0 Å². The largest absolute Gasteiger partial charge is 0.399 e. The number of fused-ring (bicyclic) bond motifs is 1. The highest BCUT2D eigenvalue weighted by Crippen LogP contribution is 2.26. The number of nitrogens with two attached hydrogens (primary N) is 1. The van der Waals surface area contributed by atoms with E-state index in [4.69, 9.17) is 5.73 Å². The number of benzene rings is 1. The lowest BCUT2D eigenvalue weighted by Gasteiger charge is -1.97. The number of nitrogens with zero attached hydrogens (tertiary/aromatic N) is 2. The van der Waals surface area contributed by atoms with Crippen LogP contribution in [-0.2, 0) is 0 Å². The molecule has 0 unspecified atom stereocenters. The van der Waals surface area contributed by atoms with Crippen LogP contribution in [0.15, 0.2) is 42.7 Å². The molecule has 0 saturated carbocycles. The van der Waals surface area contributed by atoms with E-state index in [0.29, 0.717) is 0 Å². The Morgan fingerprint density at radius 3 is 2.44 bits per heavy atom. The van der Waals surface area contributed by atoms with Crippen molar-refractivity contribution in [2.24, 2.45) is 0 Å². The van der Waals surface area contributed by atoms with Crippen molar-refractivity contribution in [3.05, 3.63) is 42.7 Å². The van der Waals surface area contributed by atoms with Crippen molar-refractivity contribution >= 4 is 41.4 Å². The van der Waals surface area contributed by atoms with Crippen molar-refractivity contribution in [1.29, 1.82) is 0 Å². The van der Waals surface area contributed by atoms with E-state index in [1.807, 2.05) is 30.3 Å². The van der Waals surface area contributed by atoms with Crippen molar-refractivity contribution in [1.82, 2.24) is 15.2 Å². The summed E-state index contributed by atoms with van der Waals surface area (Å²) >= 11 is 0. The lowest BCUT2D eigenvalue weighted by atomic mass is 10.1. The Labute approximate surface area is 116 Å². The number of H-pyrrole nitrogens is 1. The lowest BCUT2D eigenvalue weighted by Crippen LogP contribution is -1.83. The van der Waals surface area contributed by atoms with E-state index in [-0.39, 0.29) is 24.8 Å². The molecule has 0 aliphatic carbocycles. The number of nitrogen functional groups attached to an aromatic ring is 1. The number of halogens is 2. The molecule has 0 radical (unpaired) electrons. The van der Waals surface area contributed by atoms with E-state index >= 15 is 0 Å². The van der Waals surface area contributed by atoms with E-state index in [1.165, 1.54) is 0 Å². The average molecular weight is 283 g/mol. The van der Waals surface area contributed by atoms with Gasteiger partial charge in [0.2, 0.25) is 0 Å². The van der Waals surface area contributed by atoms with Gasteiger partial charge in [0.05, 0.1) is 5.52 Å². The second kappa shape index (κ2) is 5.71. The van der Waals surface area contributed by atoms with Crippen molar-refractivity contribution < 1.29 is 0 Å². The first-order valence-corrected chi connectivity index (χ1v) is 4.98. The summed E-state index contributed by atoms with van der Waals surface area (Å²) in [7, 11) is 0. The van der Waals surface area contributed by atoms with Gasteiger partial charge in [0.15, 0.2) is 0 Å². The second-order valence-electron chi connectivity index (χ2n) is 3.61. The summed E-state index contributed by atoms with van der Waals surface area (Å²) in [6.07, 6.45) is 3.50. The number of aromatic amines is 1. The molecule has 2 aromatic heterocycles. The maximum absolute atomic E-state index is 5.78. The predicted octanol–water partition coefficient (Wildman–Crippen LogP) is 3.05. The number of hydrogen-bond acceptors (Lipinski definition) is 3. The second-order valence-corrected chi connectivity index (χ2v) is 3.61. The topological polar surface area (TPSA) is 67.6 Å². The Hall–Kier alpha value is -1.78. The van der Waals surface area contributed by atoms with Gasteiger partial charge in [-0.25, -0.2) is 0 Å². The van der Waals surface area contributed by atoms with Crippen molar-refractivity contribution in [2.45, 2.75) is 0 Å². The molecule has 3 aromatic rings. The number of anilines is 1. The van der Waals surface area contributed by atoms with Crippen LogP contribution in [0.5, 0.6) is 0 Å². The van der Waals surface area contributed by atoms with E-state index in [1.54, 1.807) is 12.4 Å². The van der Waals surface area contributed by atoms with Gasteiger partial charge in [-0.2, -0.15) is 5.10 Å². The molecule has 18 heavy (non-hydrogen) atoms. The molecule has 2 heterocycles. The minimum Gasteiger partial charge on any atom is -0.399 e. The molecule has 0 aliphatic rings. The Morgan fingerprint density at radius 2 is 1.72 bits per heavy atom. The molecule has 4 nitrogen and oxygen atoms in total. The molecule has 0 bridgehead atoms. The molecule has 0 aliphatic heterocycles. The molecule has 0 saturated heterocycles. The van der Waals surface area contributed by atoms with Gasteiger partial charge in [-0.05, 0) is 30.3 Å². The van der Waals surface area contributed by atoms with Crippen LogP contribution >= 0.6 is 24.8 Å². The van der Waals surface area contributed by atoms with Gasteiger partial charge < -0.3 is 5.73 Å². The SMILES string of the molecule is Cl.Cl.Nc1ccc2[nH]nc(-c3ccncc3)c2c1. The van der Waals surface area contributed by atoms with E-state index in [9.17, 15) is 0 Å². The van der Waals surface area contributed by atoms with Gasteiger partial charge in [0.1, 0.15) is 5.69 Å². The number of rotatable bonds is 1. The number of pyridine rings is 1. The van der Waals surface area contributed by atoms with Crippen molar-refractivity contribution in [2.75, 3.05) is 5.73 Å². The molecular formula is C12H12Cl2N4. The number of nitrogens with one attached hydrogen (secondary N) is 1. The molecule has 1 aromatic carbocycles. The first-order chi connectivity index (χ1) is 7.84. The van der Waals surface area contributed by atoms with Gasteiger partial charge in [-0.15, -0.1) is 24.8 Å². The summed E-state index contributed by atoms with van der Waals surface area (Å²) in [6.45, 7) is 0. The van der Waals surface area contributed by atoms with Gasteiger partial charge in [-0.3, -0.25) is 10.1 Å². The molecule has 0 amide bonds. The first-order valence-electron chi connectivity index (χ1n) is 4.98. The zero-order chi connectivity index (χ0) is 11.0. The standard InChI is InChI=1S/C12H10N4.2ClH/c13-9-1-2-11-10(7-9)12(16-15-11)8-3-5-14-6-4-8;;/h1-7H,13H2,(H,15,16);2*1H. The molecule has 94 valence electrons. The summed E-state index contributed by atoms with van der Waals surface area (Å²) in [6, 6.07) is 9.57. The van der Waals surface area contributed by atoms with Crippen LogP contribution in [0, 0.1) is 0 Å². The fourth-order valence-electron chi connectivity index (χ4n) is 1.76. The normalized spacial score (nSPS) is 9.56. The van der Waals surface area contributed by atoms with Crippen LogP contribution < -0.4 is 5.73 Å². The minimum atomic E-state index is 0. The quantitative estimate of drug-likeness (QED) is 0.674. The van der Waals surface area contributed by atoms with Crippen LogP contribution in [0.4, 0.5) is 5.69 Å². The Balaban J connectivity index is 0.000000810. The summed E-state index contributed by atoms with van der Waals surface area (Å²) < 4.78 is 0. The molecule has 0 atom stereocenters. The van der Waals surface area contributed by atoms with Crippen LogP contribution in [0.25, 0.3) is 22.2 Å². The monoisotopic (exact) mass is 282 g/mol. The Bertz CT molecular complexity index is 637. The van der Waals surface area contributed by atoms with Crippen molar-refractivity contribution in [3.8, 4) is 11.3 Å². The summed E-state index contributed by atoms with van der Waals surface area (Å²) in [4.78, 5) is 3.99. The molecule has 6 heteroatoms. The van der Waals surface area contributed by atoms with Crippen LogP contribution in [0.3, 0.4) is 0 Å². The van der Waals surface area contributed by atoms with Crippen LogP contribution in [-0.4, -0.2) is 15.2 Å². The summed E-state index contributed by atoms with van der Waals surface area (Å²) in [5, 5.41) is 8.32. The molecule has 3 rings (SSSR count). The number of hydrogen-bond donors (Lipinski definition) is 2. The third-order valence-corrected chi connectivity index (χ3v) is 2.54. The van der Waals surface area contributed by atoms with Crippen LogP contribution in [0.1, 0.15) is 0 Å². The third kappa shape index (κ3) is 2.39. The summed E-state index contributed by atoms with van der Waals surface area (Å²) in [5.41, 5.74) is 9.44. The highest BCUT2D eigenvalue weighted by atomic mass is 35.5. The van der Waals surface area contributed by atoms with E-state index in [0.717, 1.165) is 27.8 Å². The molecular weight excluding hydrogens is 271 g/mol. The first kappa shape index (κ1) is 14.3. The van der Waals surface area contributed by atoms with E-state index < -0.39 is 0 Å². The van der Waals surface area contributed by atoms with Gasteiger partial charge in [0.25, 0.3) is 0 Å². The Kier molecular flexibility index (Phi) is 4.53. The van der Waals surface area contributed by atoms with Crippen molar-refractivity contribution in [3.63, 3.8) is 0 Å². The fraction of sp³-hybridized carbons (Fsp3) is 0. The van der Waals surface area contributed by atoms with Gasteiger partial charge >= 0.3 is 0 Å². The predicted molar refractivity (Wildman–Crippen MR) is 78.2 cm³/mol. The Morgan fingerprint density at radius 1 is 1.00 bits per heavy atom. The maximum atomic E-state index is 5.78. The number of aromatic nitrogens is 3. The van der Waals surface area contributed by atoms with Gasteiger partial charge in [0, 0.05) is 29.0 Å². The summed E-state index contributed by atoms with van der Waals surface area (Å²) in [5.74, 6) is 0. The van der Waals surface area contributed by atoms with Gasteiger partial charge in [-0.1, -0.05) is 0 Å². The molecule has 0 spiro atoms. The minimum absolute atomic E-state index is 0. The smallest absolute Gasteiger partial charge is 0.100 e. The zero-order valence-corrected chi connectivity index (χ0v) is 11.0.